The Kier molecular flexibility index (Phi) is 8.32. The van der Waals surface area contributed by atoms with E-state index in [0.29, 0.717) is 38.8 Å². The summed E-state index contributed by atoms with van der Waals surface area (Å²) in [4.78, 5) is 27.0. The van der Waals surface area contributed by atoms with Gasteiger partial charge in [-0.1, -0.05) is 12.6 Å². The minimum atomic E-state index is -4.48. The highest BCUT2D eigenvalue weighted by atomic mass is 19.4. The zero-order valence-electron chi connectivity index (χ0n) is 27.1. The Morgan fingerprint density at radius 3 is 2.60 bits per heavy atom. The Labute approximate surface area is 283 Å². The first kappa shape index (κ1) is 33.5. The number of anilines is 2. The molecule has 10 nitrogen and oxygen atoms in total. The highest BCUT2D eigenvalue weighted by Crippen LogP contribution is 2.61. The fourth-order valence-corrected chi connectivity index (χ4v) is 7.37. The number of carbonyl (C=O) groups excluding carboxylic acids is 1. The molecule has 0 radical (unpaired) electrons. The van der Waals surface area contributed by atoms with Crippen LogP contribution in [0.1, 0.15) is 31.2 Å². The van der Waals surface area contributed by atoms with Crippen molar-refractivity contribution in [2.75, 3.05) is 50.5 Å². The van der Waals surface area contributed by atoms with E-state index in [9.17, 15) is 32.0 Å². The second-order valence-electron chi connectivity index (χ2n) is 13.3. The van der Waals surface area contributed by atoms with Crippen LogP contribution in [0.4, 0.5) is 33.5 Å². The van der Waals surface area contributed by atoms with Crippen molar-refractivity contribution in [3.8, 4) is 23.2 Å². The van der Waals surface area contributed by atoms with E-state index < -0.39 is 35.5 Å². The summed E-state index contributed by atoms with van der Waals surface area (Å²) in [6, 6.07) is 8.78. The molecule has 2 aromatic carbocycles. The van der Waals surface area contributed by atoms with Crippen molar-refractivity contribution in [1.82, 2.24) is 19.8 Å². The van der Waals surface area contributed by atoms with Gasteiger partial charge in [0, 0.05) is 43.3 Å². The Balaban J connectivity index is 1.39. The molecule has 2 saturated heterocycles. The first-order chi connectivity index (χ1) is 23.8. The van der Waals surface area contributed by atoms with Crippen LogP contribution in [0.15, 0.2) is 53.4 Å². The summed E-state index contributed by atoms with van der Waals surface area (Å²) in [5.41, 5.74) is 5.84. The molecule has 0 bridgehead atoms. The monoisotopic (exact) mass is 695 g/mol. The zero-order chi connectivity index (χ0) is 35.5. The number of furan rings is 1. The molecule has 2 N–H and O–H groups in total. The Morgan fingerprint density at radius 1 is 1.16 bits per heavy atom. The van der Waals surface area contributed by atoms with E-state index in [1.54, 1.807) is 19.2 Å². The largest absolute Gasteiger partial charge is 0.463 e. The zero-order valence-corrected chi connectivity index (χ0v) is 27.1. The summed E-state index contributed by atoms with van der Waals surface area (Å²) >= 11 is 0. The minimum absolute atomic E-state index is 0.0477. The first-order valence-electron chi connectivity index (χ1n) is 16.2. The summed E-state index contributed by atoms with van der Waals surface area (Å²) in [5.74, 6) is -1.71. The molecule has 1 saturated carbocycles. The number of aromatic nitrogens is 2. The molecule has 0 unspecified atom stereocenters. The molecule has 4 heterocycles. The lowest BCUT2D eigenvalue weighted by Gasteiger charge is -2.41. The Morgan fingerprint density at radius 2 is 1.94 bits per heavy atom. The van der Waals surface area contributed by atoms with Crippen LogP contribution in [-0.2, 0) is 10.2 Å². The van der Waals surface area contributed by atoms with Crippen molar-refractivity contribution in [2.24, 2.45) is 0 Å². The standard InChI is InChI=1S/C35H34F5N7O3/c1-19(36)32(48)47-11-10-46(17-22(47)5-9-41)31-29-28(43-33(44-31)50-18-23-13-20(37)16-45(23)2)15-25(24-6-12-49-30(24)29)26-14-21(42)3-4-27(26)34(7-8-34)35(38,39)40/h3-4,6,12,14-15,20,22-23H,1,5,7-8,10-11,13,16-18,42H2,2H3/t20-,22+,23+/m1/s1. The maximum Gasteiger partial charge on any atom is 0.398 e. The average molecular weight is 696 g/mol. The van der Waals surface area contributed by atoms with Crippen LogP contribution in [0, 0.1) is 11.3 Å². The molecule has 1 amide bonds. The third-order valence-electron chi connectivity index (χ3n) is 10.1. The summed E-state index contributed by atoms with van der Waals surface area (Å²) in [6.45, 7) is 3.77. The molecule has 2 aliphatic heterocycles. The highest BCUT2D eigenvalue weighted by molar-refractivity contribution is 6.14. The molecule has 1 aliphatic carbocycles. The normalized spacial score (nSPS) is 22.2. The van der Waals surface area contributed by atoms with Crippen LogP contribution in [0.3, 0.4) is 0 Å². The van der Waals surface area contributed by atoms with Gasteiger partial charge in [-0.3, -0.25) is 9.69 Å². The Hall–Kier alpha value is -4.97. The third kappa shape index (κ3) is 5.74. The molecular formula is C35H34F5N7O3. The van der Waals surface area contributed by atoms with E-state index in [1.807, 2.05) is 9.80 Å². The number of nitrogen functional groups attached to an aromatic ring is 1. The first-order valence-corrected chi connectivity index (χ1v) is 16.2. The lowest BCUT2D eigenvalue weighted by Crippen LogP contribution is -2.55. The van der Waals surface area contributed by atoms with Crippen LogP contribution in [0.25, 0.3) is 33.0 Å². The number of likely N-dealkylation sites (tertiary alicyclic amines) is 1. The number of ether oxygens (including phenoxy) is 1. The number of likely N-dealkylation sites (N-methyl/N-ethyl adjacent to an activating group) is 1. The number of nitrogens with two attached hydrogens (primary N) is 1. The summed E-state index contributed by atoms with van der Waals surface area (Å²) < 4.78 is 83.6. The van der Waals surface area contributed by atoms with E-state index in [-0.39, 0.29) is 81.8 Å². The van der Waals surface area contributed by atoms with Gasteiger partial charge in [0.25, 0.3) is 5.91 Å². The molecule has 2 aromatic heterocycles. The molecule has 3 aliphatic rings. The SMILES string of the molecule is C=C(F)C(=O)N1CCN(c2nc(OC[C@@H]3C[C@@H](F)CN3C)nc3cc(-c4cc(N)ccc4C4(C(F)(F)F)CC4)c4ccoc4c23)C[C@@H]1CC#N. The van der Waals surface area contributed by atoms with Gasteiger partial charge in [-0.2, -0.15) is 28.4 Å². The van der Waals surface area contributed by atoms with Crippen molar-refractivity contribution < 1.29 is 35.9 Å². The van der Waals surface area contributed by atoms with Crippen LogP contribution in [0.2, 0.25) is 0 Å². The molecule has 7 rings (SSSR count). The number of piperazine rings is 1. The van der Waals surface area contributed by atoms with Crippen LogP contribution in [-0.4, -0.2) is 89.9 Å². The van der Waals surface area contributed by atoms with Gasteiger partial charge in [0.2, 0.25) is 0 Å². The van der Waals surface area contributed by atoms with Crippen LogP contribution < -0.4 is 15.4 Å². The fourth-order valence-electron chi connectivity index (χ4n) is 7.37. The smallest absolute Gasteiger partial charge is 0.398 e. The van der Waals surface area contributed by atoms with Crippen molar-refractivity contribution >= 4 is 39.3 Å². The van der Waals surface area contributed by atoms with E-state index >= 15 is 0 Å². The lowest BCUT2D eigenvalue weighted by molar-refractivity contribution is -0.160. The number of nitrogens with zero attached hydrogens (tertiary/aromatic N) is 6. The number of halogens is 5. The number of carbonyl (C=O) groups is 1. The molecular weight excluding hydrogens is 661 g/mol. The Bertz CT molecular complexity index is 2040. The van der Waals surface area contributed by atoms with E-state index in [1.165, 1.54) is 29.4 Å². The van der Waals surface area contributed by atoms with Gasteiger partial charge in [0.15, 0.2) is 5.83 Å². The quantitative estimate of drug-likeness (QED) is 0.133. The molecule has 3 fully saturated rings. The van der Waals surface area contributed by atoms with Gasteiger partial charge < -0.3 is 24.7 Å². The van der Waals surface area contributed by atoms with Gasteiger partial charge in [-0.05, 0) is 67.3 Å². The number of benzene rings is 2. The van der Waals surface area contributed by atoms with Crippen molar-refractivity contribution in [3.05, 3.63) is 54.6 Å². The second kappa shape index (κ2) is 12.4. The van der Waals surface area contributed by atoms with Crippen molar-refractivity contribution in [1.29, 1.82) is 5.26 Å². The highest BCUT2D eigenvalue weighted by Gasteiger charge is 2.64. The van der Waals surface area contributed by atoms with Crippen molar-refractivity contribution in [3.63, 3.8) is 0 Å². The number of hydrogen-bond acceptors (Lipinski definition) is 9. The minimum Gasteiger partial charge on any atom is -0.463 e. The van der Waals surface area contributed by atoms with Gasteiger partial charge in [-0.25, -0.2) is 8.78 Å². The number of nitriles is 1. The second-order valence-corrected chi connectivity index (χ2v) is 13.3. The molecule has 4 aromatic rings. The van der Waals surface area contributed by atoms with Crippen LogP contribution >= 0.6 is 0 Å². The molecule has 3 atom stereocenters. The summed E-state index contributed by atoms with van der Waals surface area (Å²) in [6.07, 6.45) is -4.00. The average Bonchev–Trinajstić information content (AvgIpc) is 3.63. The number of rotatable bonds is 8. The van der Waals surface area contributed by atoms with Gasteiger partial charge in [-0.15, -0.1) is 0 Å². The predicted molar refractivity (Wildman–Crippen MR) is 176 cm³/mol. The molecule has 0 spiro atoms. The van der Waals surface area contributed by atoms with Crippen molar-refractivity contribution in [2.45, 2.75) is 55.5 Å². The summed E-state index contributed by atoms with van der Waals surface area (Å²) in [7, 11) is 1.79. The van der Waals surface area contributed by atoms with E-state index in [4.69, 9.17) is 19.9 Å². The molecule has 50 heavy (non-hydrogen) atoms. The predicted octanol–water partition coefficient (Wildman–Crippen LogP) is 6.05. The van der Waals surface area contributed by atoms with Gasteiger partial charge in [0.05, 0.1) is 41.1 Å². The molecule has 15 heteroatoms. The number of hydrogen-bond donors (Lipinski definition) is 1. The lowest BCUT2D eigenvalue weighted by atomic mass is 9.86. The summed E-state index contributed by atoms with van der Waals surface area (Å²) in [5, 5.41) is 10.5. The number of amides is 1. The topological polar surface area (TPSA) is 125 Å². The third-order valence-corrected chi connectivity index (χ3v) is 10.1. The number of fused-ring (bicyclic) bond motifs is 3. The van der Waals surface area contributed by atoms with Gasteiger partial charge in [0.1, 0.15) is 24.2 Å². The fraction of sp³-hybridized carbons (Fsp3) is 0.429. The van der Waals surface area contributed by atoms with E-state index in [0.717, 1.165) is 0 Å². The number of alkyl halides is 4. The van der Waals surface area contributed by atoms with E-state index in [2.05, 4.69) is 17.6 Å². The maximum atomic E-state index is 14.5. The molecule has 262 valence electrons. The van der Waals surface area contributed by atoms with Gasteiger partial charge >= 0.3 is 12.2 Å². The van der Waals surface area contributed by atoms with Crippen LogP contribution in [0.5, 0.6) is 6.01 Å². The maximum absolute atomic E-state index is 14.5.